The maximum absolute atomic E-state index is 12.0. The number of hydrogen-bond acceptors (Lipinski definition) is 6. The summed E-state index contributed by atoms with van der Waals surface area (Å²) in [5.74, 6) is 0.230. The molecule has 25 heavy (non-hydrogen) atoms. The maximum Gasteiger partial charge on any atom is 0.343 e. The summed E-state index contributed by atoms with van der Waals surface area (Å²) in [4.78, 5) is 27.9. The van der Waals surface area contributed by atoms with Gasteiger partial charge in [0, 0.05) is 25.9 Å². The van der Waals surface area contributed by atoms with Crippen molar-refractivity contribution in [3.63, 3.8) is 0 Å². The summed E-state index contributed by atoms with van der Waals surface area (Å²) in [5.41, 5.74) is 0.997. The van der Waals surface area contributed by atoms with Gasteiger partial charge < -0.3 is 14.8 Å². The summed E-state index contributed by atoms with van der Waals surface area (Å²) in [6.07, 6.45) is 3.88. The van der Waals surface area contributed by atoms with Gasteiger partial charge in [-0.05, 0) is 12.0 Å². The molecule has 0 spiro atoms. The minimum absolute atomic E-state index is 0.180. The quantitative estimate of drug-likeness (QED) is 0.738. The average Bonchev–Trinajstić information content (AvgIpc) is 2.99. The third-order valence-electron chi connectivity index (χ3n) is 3.28. The van der Waals surface area contributed by atoms with Crippen LogP contribution >= 0.6 is 0 Å². The molecule has 0 atom stereocenters. The van der Waals surface area contributed by atoms with Gasteiger partial charge in [0.25, 0.3) is 0 Å². The number of nitrogens with one attached hydrogen (secondary N) is 2. The molecule has 0 bridgehead atoms. The molecule has 9 heteroatoms. The molecule has 2 N–H and O–H groups in total. The van der Waals surface area contributed by atoms with Crippen molar-refractivity contribution in [3.8, 4) is 5.88 Å². The van der Waals surface area contributed by atoms with E-state index < -0.39 is 12.0 Å². The van der Waals surface area contributed by atoms with Gasteiger partial charge in [0.2, 0.25) is 5.88 Å². The van der Waals surface area contributed by atoms with Crippen LogP contribution in [0, 0.1) is 0 Å². The highest BCUT2D eigenvalue weighted by Gasteiger charge is 2.18. The number of carbonyl (C=O) groups excluding carboxylic acids is 2. The second-order valence-electron chi connectivity index (χ2n) is 5.18. The van der Waals surface area contributed by atoms with Gasteiger partial charge in [0.15, 0.2) is 0 Å². The Balaban J connectivity index is 1.91. The van der Waals surface area contributed by atoms with Crippen LogP contribution in [-0.2, 0) is 18.3 Å². The number of methoxy groups -OCH3 is 1. The summed E-state index contributed by atoms with van der Waals surface area (Å²) in [6.45, 7) is 2.91. The Morgan fingerprint density at radius 2 is 2.08 bits per heavy atom. The van der Waals surface area contributed by atoms with Crippen molar-refractivity contribution in [2.75, 3.05) is 19.0 Å². The number of anilines is 1. The number of aromatic nitrogens is 3. The van der Waals surface area contributed by atoms with Crippen molar-refractivity contribution in [1.82, 2.24) is 20.1 Å². The van der Waals surface area contributed by atoms with Crippen LogP contribution in [0.3, 0.4) is 0 Å². The van der Waals surface area contributed by atoms with E-state index in [1.807, 2.05) is 13.0 Å². The third-order valence-corrected chi connectivity index (χ3v) is 3.28. The second-order valence-corrected chi connectivity index (χ2v) is 5.18. The Morgan fingerprint density at radius 3 is 2.72 bits per heavy atom. The molecule has 2 aromatic heterocycles. The zero-order valence-corrected chi connectivity index (χ0v) is 14.4. The first-order valence-corrected chi connectivity index (χ1v) is 7.78. The minimum Gasteiger partial charge on any atom is -0.478 e. The van der Waals surface area contributed by atoms with Gasteiger partial charge in [-0.2, -0.15) is 5.10 Å². The number of aryl methyl sites for hydroxylation is 1. The highest BCUT2D eigenvalue weighted by atomic mass is 16.5. The number of nitrogens with zero attached hydrogens (tertiary/aromatic N) is 3. The molecule has 0 saturated carbocycles. The minimum atomic E-state index is -0.574. The summed E-state index contributed by atoms with van der Waals surface area (Å²) < 4.78 is 11.4. The van der Waals surface area contributed by atoms with E-state index in [2.05, 4.69) is 25.5 Å². The maximum atomic E-state index is 12.0. The number of urea groups is 1. The predicted molar refractivity (Wildman–Crippen MR) is 90.4 cm³/mol. The van der Waals surface area contributed by atoms with Crippen molar-refractivity contribution >= 4 is 17.8 Å². The Labute approximate surface area is 145 Å². The van der Waals surface area contributed by atoms with Crippen molar-refractivity contribution in [1.29, 1.82) is 0 Å². The summed E-state index contributed by atoms with van der Waals surface area (Å²) in [6, 6.07) is 3.10. The molecule has 2 heterocycles. The van der Waals surface area contributed by atoms with Crippen LogP contribution in [0.25, 0.3) is 0 Å². The Morgan fingerprint density at radius 1 is 1.28 bits per heavy atom. The molecule has 2 rings (SSSR count). The van der Waals surface area contributed by atoms with Crippen LogP contribution in [0.5, 0.6) is 5.88 Å². The van der Waals surface area contributed by atoms with Crippen LogP contribution in [0.2, 0.25) is 0 Å². The first-order chi connectivity index (χ1) is 12.0. The first-order valence-electron chi connectivity index (χ1n) is 7.78. The lowest BCUT2D eigenvalue weighted by Crippen LogP contribution is -2.29. The number of amides is 2. The zero-order chi connectivity index (χ0) is 18.2. The molecule has 2 aromatic rings. The van der Waals surface area contributed by atoms with E-state index in [1.54, 1.807) is 19.3 Å². The number of rotatable bonds is 7. The molecule has 0 saturated heterocycles. The van der Waals surface area contributed by atoms with Gasteiger partial charge in [0.1, 0.15) is 11.4 Å². The number of carbonyl (C=O) groups is 2. The molecule has 9 nitrogen and oxygen atoms in total. The molecule has 134 valence electrons. The van der Waals surface area contributed by atoms with Gasteiger partial charge in [0.05, 0.1) is 19.9 Å². The lowest BCUT2D eigenvalue weighted by atomic mass is 10.3. The van der Waals surface area contributed by atoms with Crippen LogP contribution in [-0.4, -0.2) is 40.5 Å². The van der Waals surface area contributed by atoms with E-state index in [1.165, 1.54) is 18.0 Å². The molecule has 0 radical (unpaired) electrons. The highest BCUT2D eigenvalue weighted by Crippen LogP contribution is 2.15. The summed E-state index contributed by atoms with van der Waals surface area (Å²) in [7, 11) is 2.88. The number of ether oxygens (including phenoxy) is 2. The largest absolute Gasteiger partial charge is 0.478 e. The van der Waals surface area contributed by atoms with E-state index in [4.69, 9.17) is 4.74 Å². The average molecular weight is 347 g/mol. The van der Waals surface area contributed by atoms with Gasteiger partial charge >= 0.3 is 12.0 Å². The fraction of sp³-hybridized carbons (Fsp3) is 0.375. The van der Waals surface area contributed by atoms with Crippen LogP contribution in [0.15, 0.2) is 24.5 Å². The molecular weight excluding hydrogens is 326 g/mol. The van der Waals surface area contributed by atoms with E-state index >= 15 is 0 Å². The fourth-order valence-electron chi connectivity index (χ4n) is 1.99. The standard InChI is InChI=1S/C16H21N5O4/c1-4-7-25-13-6-5-11(8-17-13)9-18-16(23)20-14-12(15(22)24-3)10-19-21(14)2/h5-6,8,10H,4,7,9H2,1-3H3,(H2,18,20,23). The lowest BCUT2D eigenvalue weighted by molar-refractivity contribution is 0.0602. The Hall–Kier alpha value is -3.10. The fourth-order valence-corrected chi connectivity index (χ4v) is 1.99. The van der Waals surface area contributed by atoms with Crippen molar-refractivity contribution in [3.05, 3.63) is 35.7 Å². The van der Waals surface area contributed by atoms with E-state index in [-0.39, 0.29) is 17.9 Å². The molecule has 2 amide bonds. The molecule has 0 aliphatic carbocycles. The molecule has 0 unspecified atom stereocenters. The first kappa shape index (κ1) is 18.2. The molecular formula is C16H21N5O4. The molecule has 0 fully saturated rings. The number of pyridine rings is 1. The van der Waals surface area contributed by atoms with Crippen LogP contribution in [0.1, 0.15) is 29.3 Å². The second kappa shape index (κ2) is 8.67. The Bertz CT molecular complexity index is 727. The highest BCUT2D eigenvalue weighted by molar-refractivity contribution is 5.99. The third kappa shape index (κ3) is 4.93. The van der Waals surface area contributed by atoms with Gasteiger partial charge in [-0.25, -0.2) is 14.6 Å². The van der Waals surface area contributed by atoms with Gasteiger partial charge in [-0.3, -0.25) is 10.00 Å². The lowest BCUT2D eigenvalue weighted by Gasteiger charge is -2.10. The van der Waals surface area contributed by atoms with E-state index in [9.17, 15) is 9.59 Å². The van der Waals surface area contributed by atoms with Crippen molar-refractivity contribution in [2.45, 2.75) is 19.9 Å². The monoisotopic (exact) mass is 347 g/mol. The molecule has 0 aliphatic rings. The smallest absolute Gasteiger partial charge is 0.343 e. The summed E-state index contributed by atoms with van der Waals surface area (Å²) in [5, 5.41) is 9.22. The SMILES string of the molecule is CCCOc1ccc(CNC(=O)Nc2c(C(=O)OC)cnn2C)cn1. The normalized spacial score (nSPS) is 10.2. The Kier molecular flexibility index (Phi) is 6.33. The zero-order valence-electron chi connectivity index (χ0n) is 14.4. The number of hydrogen-bond donors (Lipinski definition) is 2. The van der Waals surface area contributed by atoms with Crippen molar-refractivity contribution in [2.24, 2.45) is 7.05 Å². The topological polar surface area (TPSA) is 107 Å². The van der Waals surface area contributed by atoms with Gasteiger partial charge in [-0.15, -0.1) is 0 Å². The predicted octanol–water partition coefficient (Wildman–Crippen LogP) is 1.71. The van der Waals surface area contributed by atoms with Gasteiger partial charge in [-0.1, -0.05) is 13.0 Å². The van der Waals surface area contributed by atoms with Crippen molar-refractivity contribution < 1.29 is 19.1 Å². The summed E-state index contributed by atoms with van der Waals surface area (Å²) >= 11 is 0. The molecule has 0 aromatic carbocycles. The molecule has 0 aliphatic heterocycles. The van der Waals surface area contributed by atoms with E-state index in [0.29, 0.717) is 12.5 Å². The van der Waals surface area contributed by atoms with E-state index in [0.717, 1.165) is 12.0 Å². The van der Waals surface area contributed by atoms with Crippen LogP contribution in [0.4, 0.5) is 10.6 Å². The number of esters is 1. The van der Waals surface area contributed by atoms with Crippen LogP contribution < -0.4 is 15.4 Å².